The number of aliphatic hydroxyl groups is 1. The van der Waals surface area contributed by atoms with Crippen LogP contribution < -0.4 is 10.1 Å². The SMILES string of the molecule is COc1ccccc1C(=O)NC(C)(C)CO. The number of amides is 1. The third-order valence-corrected chi connectivity index (χ3v) is 2.20. The summed E-state index contributed by atoms with van der Waals surface area (Å²) in [5.74, 6) is 0.269. The van der Waals surface area contributed by atoms with Gasteiger partial charge in [0.15, 0.2) is 0 Å². The predicted molar refractivity (Wildman–Crippen MR) is 61.6 cm³/mol. The number of carbonyl (C=O) groups excluding carboxylic acids is 1. The summed E-state index contributed by atoms with van der Waals surface area (Å²) < 4.78 is 5.09. The molecule has 0 aliphatic heterocycles. The lowest BCUT2D eigenvalue weighted by Gasteiger charge is -2.23. The second-order valence-corrected chi connectivity index (χ2v) is 4.20. The second-order valence-electron chi connectivity index (χ2n) is 4.20. The van der Waals surface area contributed by atoms with E-state index in [1.165, 1.54) is 7.11 Å². The summed E-state index contributed by atoms with van der Waals surface area (Å²) >= 11 is 0. The van der Waals surface area contributed by atoms with E-state index in [0.717, 1.165) is 0 Å². The van der Waals surface area contributed by atoms with Crippen molar-refractivity contribution in [2.24, 2.45) is 0 Å². The Balaban J connectivity index is 2.88. The monoisotopic (exact) mass is 223 g/mol. The van der Waals surface area contributed by atoms with E-state index in [2.05, 4.69) is 5.32 Å². The van der Waals surface area contributed by atoms with Crippen LogP contribution in [0.1, 0.15) is 24.2 Å². The topological polar surface area (TPSA) is 58.6 Å². The van der Waals surface area contributed by atoms with Gasteiger partial charge in [0, 0.05) is 0 Å². The molecule has 0 radical (unpaired) electrons. The number of rotatable bonds is 4. The van der Waals surface area contributed by atoms with Crippen LogP contribution in [-0.2, 0) is 0 Å². The van der Waals surface area contributed by atoms with Gasteiger partial charge in [-0.2, -0.15) is 0 Å². The van der Waals surface area contributed by atoms with Gasteiger partial charge in [-0.25, -0.2) is 0 Å². The van der Waals surface area contributed by atoms with Gasteiger partial charge in [-0.05, 0) is 26.0 Å². The second kappa shape index (κ2) is 4.99. The average Bonchev–Trinajstić information content (AvgIpc) is 2.28. The molecule has 0 saturated heterocycles. The molecule has 1 rings (SSSR count). The fourth-order valence-electron chi connectivity index (χ4n) is 1.25. The summed E-state index contributed by atoms with van der Waals surface area (Å²) in [4.78, 5) is 11.9. The number of ether oxygens (including phenoxy) is 1. The van der Waals surface area contributed by atoms with E-state index in [1.807, 2.05) is 0 Å². The zero-order valence-corrected chi connectivity index (χ0v) is 9.78. The van der Waals surface area contributed by atoms with Crippen molar-refractivity contribution in [2.75, 3.05) is 13.7 Å². The van der Waals surface area contributed by atoms with Crippen LogP contribution in [0.3, 0.4) is 0 Å². The van der Waals surface area contributed by atoms with Crippen LogP contribution in [0.15, 0.2) is 24.3 Å². The van der Waals surface area contributed by atoms with Crippen LogP contribution in [0.2, 0.25) is 0 Å². The molecule has 1 aromatic rings. The molecule has 4 nitrogen and oxygen atoms in total. The Morgan fingerprint density at radius 3 is 2.62 bits per heavy atom. The summed E-state index contributed by atoms with van der Waals surface area (Å²) in [6.07, 6.45) is 0. The highest BCUT2D eigenvalue weighted by Gasteiger charge is 2.21. The number of carbonyl (C=O) groups is 1. The molecule has 0 atom stereocenters. The number of para-hydroxylation sites is 1. The Labute approximate surface area is 95.2 Å². The molecule has 0 fully saturated rings. The molecule has 0 heterocycles. The van der Waals surface area contributed by atoms with Gasteiger partial charge >= 0.3 is 0 Å². The summed E-state index contributed by atoms with van der Waals surface area (Å²) in [7, 11) is 1.52. The minimum Gasteiger partial charge on any atom is -0.496 e. The maximum absolute atomic E-state index is 11.9. The van der Waals surface area contributed by atoms with Crippen molar-refractivity contribution in [3.8, 4) is 5.75 Å². The van der Waals surface area contributed by atoms with E-state index in [4.69, 9.17) is 9.84 Å². The van der Waals surface area contributed by atoms with Crippen LogP contribution in [0.4, 0.5) is 0 Å². The van der Waals surface area contributed by atoms with E-state index >= 15 is 0 Å². The highest BCUT2D eigenvalue weighted by molar-refractivity contribution is 5.97. The van der Waals surface area contributed by atoms with E-state index in [-0.39, 0.29) is 12.5 Å². The number of aliphatic hydroxyl groups excluding tert-OH is 1. The number of nitrogens with one attached hydrogen (secondary N) is 1. The van der Waals surface area contributed by atoms with Gasteiger partial charge in [-0.3, -0.25) is 4.79 Å². The van der Waals surface area contributed by atoms with E-state index in [0.29, 0.717) is 11.3 Å². The molecule has 0 bridgehead atoms. The Hall–Kier alpha value is -1.55. The summed E-state index contributed by atoms with van der Waals surface area (Å²) in [5, 5.41) is 11.8. The van der Waals surface area contributed by atoms with Crippen molar-refractivity contribution in [1.29, 1.82) is 0 Å². The molecule has 2 N–H and O–H groups in total. The van der Waals surface area contributed by atoms with Gasteiger partial charge in [-0.1, -0.05) is 12.1 Å². The van der Waals surface area contributed by atoms with E-state index in [1.54, 1.807) is 38.1 Å². The predicted octanol–water partition coefficient (Wildman–Crippen LogP) is 1.20. The molecule has 0 saturated carbocycles. The lowest BCUT2D eigenvalue weighted by atomic mass is 10.1. The summed E-state index contributed by atoms with van der Waals surface area (Å²) in [6.45, 7) is 3.38. The quantitative estimate of drug-likeness (QED) is 0.806. The lowest BCUT2D eigenvalue weighted by molar-refractivity contribution is 0.0866. The van der Waals surface area contributed by atoms with Crippen LogP contribution >= 0.6 is 0 Å². The highest BCUT2D eigenvalue weighted by Crippen LogP contribution is 2.17. The van der Waals surface area contributed by atoms with Gasteiger partial charge in [0.05, 0.1) is 24.8 Å². The summed E-state index contributed by atoms with van der Waals surface area (Å²) in [5.41, 5.74) is -0.177. The number of benzene rings is 1. The maximum Gasteiger partial charge on any atom is 0.255 e. The molecule has 0 aliphatic rings. The van der Waals surface area contributed by atoms with Crippen molar-refractivity contribution in [2.45, 2.75) is 19.4 Å². The van der Waals surface area contributed by atoms with Crippen molar-refractivity contribution in [1.82, 2.24) is 5.32 Å². The maximum atomic E-state index is 11.9. The number of hydrogen-bond donors (Lipinski definition) is 2. The van der Waals surface area contributed by atoms with Crippen LogP contribution in [0, 0.1) is 0 Å². The molecular weight excluding hydrogens is 206 g/mol. The van der Waals surface area contributed by atoms with Crippen LogP contribution in [-0.4, -0.2) is 30.3 Å². The minimum absolute atomic E-state index is 0.117. The Morgan fingerprint density at radius 1 is 1.44 bits per heavy atom. The van der Waals surface area contributed by atoms with Gasteiger partial charge in [0.2, 0.25) is 0 Å². The fraction of sp³-hybridized carbons (Fsp3) is 0.417. The van der Waals surface area contributed by atoms with Crippen molar-refractivity contribution < 1.29 is 14.6 Å². The highest BCUT2D eigenvalue weighted by atomic mass is 16.5. The Kier molecular flexibility index (Phi) is 3.90. The molecule has 0 spiro atoms. The first-order chi connectivity index (χ1) is 7.50. The van der Waals surface area contributed by atoms with Crippen LogP contribution in [0.5, 0.6) is 5.75 Å². The van der Waals surface area contributed by atoms with Gasteiger partial charge in [0.1, 0.15) is 5.75 Å². The van der Waals surface area contributed by atoms with Crippen LogP contribution in [0.25, 0.3) is 0 Å². The lowest BCUT2D eigenvalue weighted by Crippen LogP contribution is -2.46. The first kappa shape index (κ1) is 12.5. The van der Waals surface area contributed by atoms with Gasteiger partial charge in [0.25, 0.3) is 5.91 Å². The molecule has 88 valence electrons. The summed E-state index contributed by atoms with van der Waals surface area (Å²) in [6, 6.07) is 6.97. The zero-order chi connectivity index (χ0) is 12.2. The Bertz CT molecular complexity index is 374. The molecular formula is C12H17NO3. The minimum atomic E-state index is -0.641. The molecule has 1 aromatic carbocycles. The van der Waals surface area contributed by atoms with Crippen molar-refractivity contribution >= 4 is 5.91 Å². The largest absolute Gasteiger partial charge is 0.496 e. The normalized spacial score (nSPS) is 11.0. The molecule has 0 aromatic heterocycles. The smallest absolute Gasteiger partial charge is 0.255 e. The van der Waals surface area contributed by atoms with Gasteiger partial charge < -0.3 is 15.2 Å². The third kappa shape index (κ3) is 2.97. The molecule has 0 unspecified atom stereocenters. The molecule has 16 heavy (non-hydrogen) atoms. The van der Waals surface area contributed by atoms with Crippen molar-refractivity contribution in [3.05, 3.63) is 29.8 Å². The molecule has 4 heteroatoms. The fourth-order valence-corrected chi connectivity index (χ4v) is 1.25. The zero-order valence-electron chi connectivity index (χ0n) is 9.78. The third-order valence-electron chi connectivity index (χ3n) is 2.20. The number of methoxy groups -OCH3 is 1. The van der Waals surface area contributed by atoms with Gasteiger partial charge in [-0.15, -0.1) is 0 Å². The average molecular weight is 223 g/mol. The number of hydrogen-bond acceptors (Lipinski definition) is 3. The van der Waals surface area contributed by atoms with Crippen molar-refractivity contribution in [3.63, 3.8) is 0 Å². The molecule has 1 amide bonds. The van der Waals surface area contributed by atoms with E-state index in [9.17, 15) is 4.79 Å². The first-order valence-corrected chi connectivity index (χ1v) is 5.06. The Morgan fingerprint density at radius 2 is 2.06 bits per heavy atom. The molecule has 0 aliphatic carbocycles. The van der Waals surface area contributed by atoms with E-state index < -0.39 is 5.54 Å². The standard InChI is InChI=1S/C12H17NO3/c1-12(2,8-14)13-11(15)9-6-4-5-7-10(9)16-3/h4-7,14H,8H2,1-3H3,(H,13,15). The first-order valence-electron chi connectivity index (χ1n) is 5.06.